The van der Waals surface area contributed by atoms with Crippen LogP contribution in [0.3, 0.4) is 0 Å². The lowest BCUT2D eigenvalue weighted by Crippen LogP contribution is -2.35. The molecule has 0 aromatic heterocycles. The normalized spacial score (nSPS) is 23.9. The number of aliphatic hydroxyl groups excluding tert-OH is 1. The minimum absolute atomic E-state index is 0.00126. The van der Waals surface area contributed by atoms with E-state index in [0.29, 0.717) is 0 Å². The SMILES string of the molecule is C[C@@H](NC(=O)[C@@H]1CC=C[C@@H]1CO)c1ccccc1. The molecular formula is C15H19NO2. The Labute approximate surface area is 108 Å². The molecule has 0 radical (unpaired) electrons. The molecule has 0 heterocycles. The summed E-state index contributed by atoms with van der Waals surface area (Å²) in [6, 6.07) is 9.89. The van der Waals surface area contributed by atoms with Gasteiger partial charge in [-0.15, -0.1) is 0 Å². The third kappa shape index (κ3) is 2.79. The van der Waals surface area contributed by atoms with Crippen LogP contribution < -0.4 is 5.32 Å². The average molecular weight is 245 g/mol. The number of allylic oxidation sites excluding steroid dienone is 1. The molecule has 0 saturated heterocycles. The van der Waals surface area contributed by atoms with Crippen molar-refractivity contribution in [2.24, 2.45) is 11.8 Å². The molecular weight excluding hydrogens is 226 g/mol. The fourth-order valence-corrected chi connectivity index (χ4v) is 2.34. The molecule has 2 N–H and O–H groups in total. The van der Waals surface area contributed by atoms with Gasteiger partial charge in [0.2, 0.25) is 5.91 Å². The molecule has 96 valence electrons. The van der Waals surface area contributed by atoms with E-state index in [0.717, 1.165) is 12.0 Å². The lowest BCUT2D eigenvalue weighted by atomic mass is 9.95. The van der Waals surface area contributed by atoms with Crippen molar-refractivity contribution in [2.45, 2.75) is 19.4 Å². The molecule has 1 amide bonds. The fraction of sp³-hybridized carbons (Fsp3) is 0.400. The molecule has 3 atom stereocenters. The molecule has 0 saturated carbocycles. The summed E-state index contributed by atoms with van der Waals surface area (Å²) in [5.74, 6) is -0.135. The number of amides is 1. The molecule has 3 nitrogen and oxygen atoms in total. The number of hydrogen-bond donors (Lipinski definition) is 2. The summed E-state index contributed by atoms with van der Waals surface area (Å²) in [5, 5.41) is 12.2. The zero-order valence-electron chi connectivity index (χ0n) is 10.5. The number of carbonyl (C=O) groups excluding carboxylic acids is 1. The van der Waals surface area contributed by atoms with Crippen LogP contribution >= 0.6 is 0 Å². The summed E-state index contributed by atoms with van der Waals surface area (Å²) in [6.45, 7) is 2.01. The number of aliphatic hydroxyl groups is 1. The van der Waals surface area contributed by atoms with E-state index in [1.165, 1.54) is 0 Å². The fourth-order valence-electron chi connectivity index (χ4n) is 2.34. The molecule has 3 heteroatoms. The Bertz CT molecular complexity index is 427. The van der Waals surface area contributed by atoms with Crippen LogP contribution in [0.1, 0.15) is 24.9 Å². The van der Waals surface area contributed by atoms with Crippen LogP contribution in [-0.2, 0) is 4.79 Å². The first kappa shape index (κ1) is 12.8. The molecule has 1 aliphatic carbocycles. The number of carbonyl (C=O) groups is 1. The molecule has 1 aromatic carbocycles. The molecule has 18 heavy (non-hydrogen) atoms. The van der Waals surface area contributed by atoms with Gasteiger partial charge in [-0.3, -0.25) is 4.79 Å². The van der Waals surface area contributed by atoms with Crippen molar-refractivity contribution < 1.29 is 9.90 Å². The maximum atomic E-state index is 12.1. The van der Waals surface area contributed by atoms with Crippen molar-refractivity contribution in [2.75, 3.05) is 6.61 Å². The predicted molar refractivity (Wildman–Crippen MR) is 70.8 cm³/mol. The van der Waals surface area contributed by atoms with E-state index in [9.17, 15) is 9.90 Å². The van der Waals surface area contributed by atoms with Gasteiger partial charge in [-0.2, -0.15) is 0 Å². The maximum Gasteiger partial charge on any atom is 0.224 e. The van der Waals surface area contributed by atoms with Crippen molar-refractivity contribution in [1.29, 1.82) is 0 Å². The van der Waals surface area contributed by atoms with Gasteiger partial charge in [0.1, 0.15) is 0 Å². The van der Waals surface area contributed by atoms with Crippen molar-refractivity contribution in [1.82, 2.24) is 5.32 Å². The number of hydrogen-bond acceptors (Lipinski definition) is 2. The first-order valence-corrected chi connectivity index (χ1v) is 6.35. The highest BCUT2D eigenvalue weighted by Crippen LogP contribution is 2.25. The van der Waals surface area contributed by atoms with Crippen LogP contribution in [0, 0.1) is 11.8 Å². The highest BCUT2D eigenvalue weighted by atomic mass is 16.3. The smallest absolute Gasteiger partial charge is 0.224 e. The van der Waals surface area contributed by atoms with Gasteiger partial charge < -0.3 is 10.4 Å². The standard InChI is InChI=1S/C15H19NO2/c1-11(12-6-3-2-4-7-12)16-15(18)14-9-5-8-13(14)10-17/h2-8,11,13-14,17H,9-10H2,1H3,(H,16,18)/t11-,13-,14-/m1/s1. The van der Waals surface area contributed by atoms with Crippen molar-refractivity contribution in [3.63, 3.8) is 0 Å². The van der Waals surface area contributed by atoms with Gasteiger partial charge >= 0.3 is 0 Å². The number of benzene rings is 1. The number of nitrogens with one attached hydrogen (secondary N) is 1. The predicted octanol–water partition coefficient (Wildman–Crippen LogP) is 2.05. The van der Waals surface area contributed by atoms with Gasteiger partial charge in [0, 0.05) is 11.8 Å². The van der Waals surface area contributed by atoms with Crippen LogP contribution in [0.25, 0.3) is 0 Å². The summed E-state index contributed by atoms with van der Waals surface area (Å²) in [4.78, 5) is 12.1. The molecule has 1 aromatic rings. The second-order valence-corrected chi connectivity index (χ2v) is 4.76. The zero-order valence-corrected chi connectivity index (χ0v) is 10.5. The molecule has 0 bridgehead atoms. The Kier molecular flexibility index (Phi) is 4.15. The van der Waals surface area contributed by atoms with E-state index < -0.39 is 0 Å². The Morgan fingerprint density at radius 1 is 1.44 bits per heavy atom. The second kappa shape index (κ2) is 5.83. The summed E-state index contributed by atoms with van der Waals surface area (Å²) in [7, 11) is 0. The zero-order chi connectivity index (χ0) is 13.0. The van der Waals surface area contributed by atoms with Crippen LogP contribution in [0.5, 0.6) is 0 Å². The van der Waals surface area contributed by atoms with Gasteiger partial charge in [-0.05, 0) is 18.9 Å². The topological polar surface area (TPSA) is 49.3 Å². The van der Waals surface area contributed by atoms with E-state index in [1.807, 2.05) is 49.4 Å². The Morgan fingerprint density at radius 2 is 2.17 bits per heavy atom. The average Bonchev–Trinajstić information content (AvgIpc) is 2.88. The Balaban J connectivity index is 1.96. The molecule has 2 rings (SSSR count). The van der Waals surface area contributed by atoms with E-state index in [1.54, 1.807) is 0 Å². The van der Waals surface area contributed by atoms with Gasteiger partial charge in [-0.1, -0.05) is 42.5 Å². The first-order valence-electron chi connectivity index (χ1n) is 6.35. The van der Waals surface area contributed by atoms with Gasteiger partial charge in [-0.25, -0.2) is 0 Å². The van der Waals surface area contributed by atoms with Crippen LogP contribution in [0.4, 0.5) is 0 Å². The minimum atomic E-state index is -0.124. The molecule has 0 aliphatic heterocycles. The van der Waals surface area contributed by atoms with Crippen molar-refractivity contribution in [3.05, 3.63) is 48.0 Å². The molecule has 0 unspecified atom stereocenters. The highest BCUT2D eigenvalue weighted by molar-refractivity contribution is 5.80. The number of rotatable bonds is 4. The van der Waals surface area contributed by atoms with Crippen LogP contribution in [-0.4, -0.2) is 17.6 Å². The second-order valence-electron chi connectivity index (χ2n) is 4.76. The lowest BCUT2D eigenvalue weighted by molar-refractivity contribution is -0.126. The Morgan fingerprint density at radius 3 is 2.83 bits per heavy atom. The third-order valence-corrected chi connectivity index (χ3v) is 3.50. The first-order chi connectivity index (χ1) is 8.72. The maximum absolute atomic E-state index is 12.1. The Hall–Kier alpha value is -1.61. The van der Waals surface area contributed by atoms with E-state index >= 15 is 0 Å². The largest absolute Gasteiger partial charge is 0.396 e. The van der Waals surface area contributed by atoms with Crippen molar-refractivity contribution >= 4 is 5.91 Å². The van der Waals surface area contributed by atoms with E-state index in [4.69, 9.17) is 0 Å². The van der Waals surface area contributed by atoms with Gasteiger partial charge in [0.15, 0.2) is 0 Å². The van der Waals surface area contributed by atoms with E-state index in [-0.39, 0.29) is 30.4 Å². The summed E-state index contributed by atoms with van der Waals surface area (Å²) in [6.07, 6.45) is 4.62. The van der Waals surface area contributed by atoms with E-state index in [2.05, 4.69) is 5.32 Å². The minimum Gasteiger partial charge on any atom is -0.396 e. The third-order valence-electron chi connectivity index (χ3n) is 3.50. The van der Waals surface area contributed by atoms with Gasteiger partial charge in [0.05, 0.1) is 12.6 Å². The quantitative estimate of drug-likeness (QED) is 0.798. The monoisotopic (exact) mass is 245 g/mol. The molecule has 0 fully saturated rings. The van der Waals surface area contributed by atoms with Crippen LogP contribution in [0.2, 0.25) is 0 Å². The molecule has 1 aliphatic rings. The lowest BCUT2D eigenvalue weighted by Gasteiger charge is -2.20. The summed E-state index contributed by atoms with van der Waals surface area (Å²) < 4.78 is 0. The van der Waals surface area contributed by atoms with Crippen molar-refractivity contribution in [3.8, 4) is 0 Å². The summed E-state index contributed by atoms with van der Waals surface area (Å²) in [5.41, 5.74) is 1.09. The molecule has 0 spiro atoms. The van der Waals surface area contributed by atoms with Crippen LogP contribution in [0.15, 0.2) is 42.5 Å². The highest BCUT2D eigenvalue weighted by Gasteiger charge is 2.29. The summed E-state index contributed by atoms with van der Waals surface area (Å²) >= 11 is 0. The van der Waals surface area contributed by atoms with Gasteiger partial charge in [0.25, 0.3) is 0 Å².